The lowest BCUT2D eigenvalue weighted by Crippen LogP contribution is -2.57. The molecule has 1 amide bonds. The molecule has 150 valence electrons. The monoisotopic (exact) mass is 397 g/mol. The molecule has 3 aliphatic rings. The van der Waals surface area contributed by atoms with E-state index >= 15 is 0 Å². The predicted molar refractivity (Wildman–Crippen MR) is 102 cm³/mol. The molecule has 5 rings (SSSR count). The van der Waals surface area contributed by atoms with Crippen LogP contribution in [0, 0.1) is 17.6 Å². The highest BCUT2D eigenvalue weighted by molar-refractivity contribution is 5.95. The normalized spacial score (nSPS) is 25.3. The summed E-state index contributed by atoms with van der Waals surface area (Å²) < 4.78 is 33.6. The Bertz CT molecular complexity index is 1010. The highest BCUT2D eigenvalue weighted by Crippen LogP contribution is 2.60. The van der Waals surface area contributed by atoms with Crippen molar-refractivity contribution in [1.29, 1.82) is 0 Å². The molecule has 2 heterocycles. The first-order valence-corrected chi connectivity index (χ1v) is 9.77. The summed E-state index contributed by atoms with van der Waals surface area (Å²) in [5, 5.41) is 8.43. The average molecular weight is 397 g/mol. The van der Waals surface area contributed by atoms with Crippen molar-refractivity contribution >= 4 is 5.91 Å². The van der Waals surface area contributed by atoms with Crippen molar-refractivity contribution in [3.05, 3.63) is 59.3 Å². The number of carbonyl (C=O) groups is 1. The summed E-state index contributed by atoms with van der Waals surface area (Å²) in [7, 11) is 1.66. The molecule has 2 bridgehead atoms. The summed E-state index contributed by atoms with van der Waals surface area (Å²) in [4.78, 5) is 15.3. The van der Waals surface area contributed by atoms with E-state index in [0.29, 0.717) is 37.7 Å². The average Bonchev–Trinajstić information content (AvgIpc) is 3.13. The molecule has 0 unspecified atom stereocenters. The van der Waals surface area contributed by atoms with Gasteiger partial charge in [0.05, 0.1) is 23.6 Å². The second kappa shape index (κ2) is 6.42. The fourth-order valence-electron chi connectivity index (χ4n) is 5.17. The maximum absolute atomic E-state index is 14.2. The Kier molecular flexibility index (Phi) is 4.07. The van der Waals surface area contributed by atoms with Gasteiger partial charge in [-0.1, -0.05) is 12.6 Å². The van der Waals surface area contributed by atoms with Crippen LogP contribution in [0.3, 0.4) is 0 Å². The number of hydrogen-bond donors (Lipinski definition) is 0. The van der Waals surface area contributed by atoms with Crippen molar-refractivity contribution in [3.8, 4) is 11.3 Å². The topological polar surface area (TPSA) is 55.3 Å². The minimum atomic E-state index is -0.864. The van der Waals surface area contributed by atoms with E-state index in [1.807, 2.05) is 4.90 Å². The number of amides is 1. The number of methoxy groups -OCH3 is 1. The van der Waals surface area contributed by atoms with Crippen LogP contribution in [0.15, 0.2) is 36.4 Å². The summed E-state index contributed by atoms with van der Waals surface area (Å²) in [5.74, 6) is -1.04. The van der Waals surface area contributed by atoms with E-state index in [2.05, 4.69) is 16.8 Å². The Labute approximate surface area is 167 Å². The highest BCUT2D eigenvalue weighted by atomic mass is 19.1. The molecule has 2 fully saturated rings. The molecule has 0 spiro atoms. The van der Waals surface area contributed by atoms with Gasteiger partial charge in [0.1, 0.15) is 17.0 Å². The van der Waals surface area contributed by atoms with E-state index in [4.69, 9.17) is 4.74 Å². The van der Waals surface area contributed by atoms with Gasteiger partial charge >= 0.3 is 0 Å². The molecule has 1 aromatic carbocycles. The van der Waals surface area contributed by atoms with Crippen molar-refractivity contribution in [2.24, 2.45) is 5.92 Å². The molecule has 1 saturated carbocycles. The second-order valence-electron chi connectivity index (χ2n) is 8.18. The highest BCUT2D eigenvalue weighted by Gasteiger charge is 2.60. The van der Waals surface area contributed by atoms with Gasteiger partial charge in [-0.3, -0.25) is 4.79 Å². The summed E-state index contributed by atoms with van der Waals surface area (Å²) in [6, 6.07) is 5.39. The van der Waals surface area contributed by atoms with Crippen LogP contribution >= 0.6 is 0 Å². The molecule has 1 saturated heterocycles. The Balaban J connectivity index is 1.53. The number of likely N-dealkylation sites (tertiary alicyclic amines) is 1. The van der Waals surface area contributed by atoms with Crippen LogP contribution in [0.5, 0.6) is 0 Å². The smallest absolute Gasteiger partial charge is 0.239 e. The van der Waals surface area contributed by atoms with E-state index in [9.17, 15) is 13.6 Å². The maximum Gasteiger partial charge on any atom is 0.239 e. The second-order valence-corrected chi connectivity index (χ2v) is 8.18. The zero-order chi connectivity index (χ0) is 20.3. The lowest BCUT2D eigenvalue weighted by molar-refractivity contribution is -0.143. The third-order valence-corrected chi connectivity index (χ3v) is 6.61. The van der Waals surface area contributed by atoms with Crippen LogP contribution in [0.25, 0.3) is 11.3 Å². The van der Waals surface area contributed by atoms with E-state index in [1.54, 1.807) is 13.2 Å². The van der Waals surface area contributed by atoms with Gasteiger partial charge in [-0.15, -0.1) is 5.10 Å². The number of benzene rings is 1. The largest absolute Gasteiger partial charge is 0.384 e. The van der Waals surface area contributed by atoms with Crippen molar-refractivity contribution < 1.29 is 18.3 Å². The summed E-state index contributed by atoms with van der Waals surface area (Å²) in [6.07, 6.45) is 1.42. The lowest BCUT2D eigenvalue weighted by atomic mass is 9.78. The molecule has 0 N–H and O–H groups in total. The van der Waals surface area contributed by atoms with Crippen LogP contribution in [-0.2, 0) is 14.9 Å². The molecule has 1 aromatic heterocycles. The molecule has 5 nitrogen and oxygen atoms in total. The lowest BCUT2D eigenvalue weighted by Gasteiger charge is -2.43. The number of halogens is 2. The molecule has 29 heavy (non-hydrogen) atoms. The fraction of sp³-hybridized carbons (Fsp3) is 0.409. The molecule has 7 heteroatoms. The summed E-state index contributed by atoms with van der Waals surface area (Å²) in [5.41, 5.74) is 1.33. The third-order valence-electron chi connectivity index (χ3n) is 6.61. The quantitative estimate of drug-likeness (QED) is 0.744. The molecule has 2 atom stereocenters. The number of aromatic nitrogens is 2. The van der Waals surface area contributed by atoms with Gasteiger partial charge in [-0.05, 0) is 42.2 Å². The van der Waals surface area contributed by atoms with E-state index < -0.39 is 17.0 Å². The predicted octanol–water partition coefficient (Wildman–Crippen LogP) is 3.21. The Hall–Kier alpha value is -2.67. The van der Waals surface area contributed by atoms with Crippen LogP contribution < -0.4 is 0 Å². The fourth-order valence-corrected chi connectivity index (χ4v) is 5.17. The van der Waals surface area contributed by atoms with Gasteiger partial charge < -0.3 is 9.64 Å². The molecule has 2 aromatic rings. The molecule has 1 aliphatic heterocycles. The summed E-state index contributed by atoms with van der Waals surface area (Å²) in [6.45, 7) is 6.19. The van der Waals surface area contributed by atoms with Crippen LogP contribution in [0.1, 0.15) is 30.0 Å². The number of rotatable bonds is 4. The van der Waals surface area contributed by atoms with Crippen molar-refractivity contribution in [2.45, 2.75) is 24.2 Å². The van der Waals surface area contributed by atoms with Crippen molar-refractivity contribution in [3.63, 3.8) is 0 Å². The van der Waals surface area contributed by atoms with Gasteiger partial charge in [0.25, 0.3) is 0 Å². The SMILES string of the molecule is C=C1[C@@H]2CC[C@@]1(C(=O)N1CC(COC)C1)c1nnc(-c3c(F)cccc3F)cc12. The molecular formula is C22H21F2N3O2. The molecule has 2 aliphatic carbocycles. The zero-order valence-electron chi connectivity index (χ0n) is 16.1. The van der Waals surface area contributed by atoms with Crippen molar-refractivity contribution in [2.75, 3.05) is 26.8 Å². The van der Waals surface area contributed by atoms with E-state index in [1.165, 1.54) is 18.2 Å². The van der Waals surface area contributed by atoms with Gasteiger partial charge in [0, 0.05) is 32.0 Å². The molecular weight excluding hydrogens is 376 g/mol. The first-order valence-electron chi connectivity index (χ1n) is 9.77. The minimum Gasteiger partial charge on any atom is -0.384 e. The number of carbonyl (C=O) groups excluding carboxylic acids is 1. The molecule has 0 radical (unpaired) electrons. The van der Waals surface area contributed by atoms with Gasteiger partial charge in [0.15, 0.2) is 0 Å². The minimum absolute atomic E-state index is 0.00947. The van der Waals surface area contributed by atoms with Crippen LogP contribution in [-0.4, -0.2) is 47.8 Å². The van der Waals surface area contributed by atoms with E-state index in [-0.39, 0.29) is 23.1 Å². The van der Waals surface area contributed by atoms with Gasteiger partial charge in [0.2, 0.25) is 5.91 Å². The number of nitrogens with zero attached hydrogens (tertiary/aromatic N) is 3. The number of hydrogen-bond acceptors (Lipinski definition) is 4. The standard InChI is InChI=1S/C22H21F2N3O2/c1-12-14-6-7-22(12,21(28)27-9-13(10-27)11-29-2)20-15(14)8-18(25-26-20)19-16(23)4-3-5-17(19)24/h3-5,8,13-14H,1,6-7,9-11H2,2H3/t14-,22-/m0/s1. The number of ether oxygens (including phenoxy) is 1. The third kappa shape index (κ3) is 2.43. The van der Waals surface area contributed by atoms with Gasteiger partial charge in [-0.25, -0.2) is 8.78 Å². The van der Waals surface area contributed by atoms with Crippen molar-refractivity contribution in [1.82, 2.24) is 15.1 Å². The zero-order valence-corrected chi connectivity index (χ0v) is 16.1. The maximum atomic E-state index is 14.2. The Morgan fingerprint density at radius 3 is 2.72 bits per heavy atom. The number of fused-ring (bicyclic) bond motifs is 5. The van der Waals surface area contributed by atoms with E-state index in [0.717, 1.165) is 17.6 Å². The first kappa shape index (κ1) is 18.4. The Morgan fingerprint density at radius 1 is 1.31 bits per heavy atom. The first-order chi connectivity index (χ1) is 14.0. The summed E-state index contributed by atoms with van der Waals surface area (Å²) >= 11 is 0. The van der Waals surface area contributed by atoms with Crippen LogP contribution in [0.4, 0.5) is 8.78 Å². The Morgan fingerprint density at radius 2 is 2.03 bits per heavy atom. The van der Waals surface area contributed by atoms with Crippen LogP contribution in [0.2, 0.25) is 0 Å². The van der Waals surface area contributed by atoms with Gasteiger partial charge in [-0.2, -0.15) is 5.10 Å².